The van der Waals surface area contributed by atoms with E-state index in [1.807, 2.05) is 0 Å². The zero-order valence-electron chi connectivity index (χ0n) is 12.9. The molecule has 1 aromatic rings. The summed E-state index contributed by atoms with van der Waals surface area (Å²) in [6, 6.07) is 10.9. The number of rotatable bonds is 4. The van der Waals surface area contributed by atoms with Crippen LogP contribution in [-0.2, 0) is 9.46 Å². The largest absolute Gasteiger partial charge is 0.414 e. The first-order valence-corrected chi connectivity index (χ1v) is 10.6. The van der Waals surface area contributed by atoms with Crippen molar-refractivity contribution in [2.75, 3.05) is 0 Å². The normalized spacial score (nSPS) is 18.5. The maximum atomic E-state index is 6.64. The van der Waals surface area contributed by atoms with E-state index < -0.39 is 8.32 Å². The molecule has 0 aliphatic heterocycles. The Bertz CT molecular complexity index is 391. The minimum Gasteiger partial charge on any atom is -0.414 e. The van der Waals surface area contributed by atoms with Crippen molar-refractivity contribution in [3.63, 3.8) is 0 Å². The van der Waals surface area contributed by atoms with E-state index in [1.165, 1.54) is 37.7 Å². The molecule has 2 rings (SSSR count). The third-order valence-electron chi connectivity index (χ3n) is 5.01. The van der Waals surface area contributed by atoms with Crippen LogP contribution < -0.4 is 0 Å². The lowest BCUT2D eigenvalue weighted by atomic mass is 9.98. The van der Waals surface area contributed by atoms with Crippen LogP contribution in [-0.4, -0.2) is 14.4 Å². The van der Waals surface area contributed by atoms with Gasteiger partial charge in [-0.05, 0) is 31.5 Å². The highest BCUT2D eigenvalue weighted by atomic mass is 28.4. The van der Waals surface area contributed by atoms with E-state index in [1.54, 1.807) is 0 Å². The number of benzene rings is 1. The highest BCUT2D eigenvalue weighted by Crippen LogP contribution is 2.36. The molecule has 0 saturated heterocycles. The minimum absolute atomic E-state index is 0.158. The van der Waals surface area contributed by atoms with Gasteiger partial charge in [-0.1, -0.05) is 63.4 Å². The van der Waals surface area contributed by atoms with Crippen molar-refractivity contribution in [1.82, 2.24) is 0 Å². The van der Waals surface area contributed by atoms with Crippen LogP contribution in [0, 0.1) is 0 Å². The molecular weight excluding hydrogens is 248 g/mol. The van der Waals surface area contributed by atoms with Crippen molar-refractivity contribution in [2.45, 2.75) is 70.2 Å². The molecule has 1 aliphatic rings. The molecule has 1 aliphatic carbocycles. The van der Waals surface area contributed by atoms with E-state index in [0.29, 0.717) is 6.10 Å². The van der Waals surface area contributed by atoms with Crippen molar-refractivity contribution in [1.29, 1.82) is 0 Å². The highest BCUT2D eigenvalue weighted by Gasteiger charge is 2.43. The van der Waals surface area contributed by atoms with Gasteiger partial charge in [0.05, 0.1) is 0 Å². The molecule has 0 unspecified atom stereocenters. The van der Waals surface area contributed by atoms with Crippen molar-refractivity contribution >= 4 is 8.32 Å². The lowest BCUT2D eigenvalue weighted by molar-refractivity contribution is 0.137. The van der Waals surface area contributed by atoms with Crippen LogP contribution in [0.5, 0.6) is 0 Å². The summed E-state index contributed by atoms with van der Waals surface area (Å²) < 4.78 is 6.64. The second kappa shape index (κ2) is 5.80. The average molecular weight is 276 g/mol. The topological polar surface area (TPSA) is 9.23 Å². The Kier molecular flexibility index (Phi) is 4.52. The van der Waals surface area contributed by atoms with E-state index in [4.69, 9.17) is 4.43 Å². The Labute approximate surface area is 119 Å². The van der Waals surface area contributed by atoms with Crippen molar-refractivity contribution < 1.29 is 4.43 Å². The van der Waals surface area contributed by atoms with Gasteiger partial charge in [0.15, 0.2) is 8.32 Å². The first-order chi connectivity index (χ1) is 8.93. The highest BCUT2D eigenvalue weighted by molar-refractivity contribution is 6.74. The summed E-state index contributed by atoms with van der Waals surface area (Å²) in [4.78, 5) is 0. The van der Waals surface area contributed by atoms with Gasteiger partial charge in [-0.3, -0.25) is 0 Å². The molecule has 0 N–H and O–H groups in total. The fraction of sp³-hybridized carbons (Fsp3) is 0.647. The third kappa shape index (κ3) is 3.29. The molecule has 0 heterocycles. The molecule has 1 aromatic carbocycles. The van der Waals surface area contributed by atoms with Gasteiger partial charge < -0.3 is 4.43 Å². The first kappa shape index (κ1) is 14.8. The van der Waals surface area contributed by atoms with Gasteiger partial charge >= 0.3 is 0 Å². The predicted octanol–water partition coefficient (Wildman–Crippen LogP) is 5.06. The molecule has 0 aromatic heterocycles. The van der Waals surface area contributed by atoms with Crippen LogP contribution in [0.1, 0.15) is 51.5 Å². The lowest BCUT2D eigenvalue weighted by Gasteiger charge is -2.43. The fourth-order valence-electron chi connectivity index (χ4n) is 2.95. The van der Waals surface area contributed by atoms with Crippen LogP contribution in [0.4, 0.5) is 0 Å². The molecule has 1 fully saturated rings. The summed E-state index contributed by atoms with van der Waals surface area (Å²) in [5.41, 5.74) is 1.42. The summed E-state index contributed by atoms with van der Waals surface area (Å²) in [5, 5.41) is 0.158. The van der Waals surface area contributed by atoms with E-state index in [9.17, 15) is 0 Å². The maximum absolute atomic E-state index is 6.64. The minimum atomic E-state index is -1.76. The molecule has 2 heteroatoms. The van der Waals surface area contributed by atoms with Gasteiger partial charge in [0.1, 0.15) is 0 Å². The molecule has 0 bridgehead atoms. The molecule has 1 nitrogen and oxygen atoms in total. The van der Waals surface area contributed by atoms with Gasteiger partial charge in [-0.25, -0.2) is 0 Å². The van der Waals surface area contributed by atoms with Gasteiger partial charge in [-0.15, -0.1) is 0 Å². The van der Waals surface area contributed by atoms with Gasteiger partial charge in [-0.2, -0.15) is 0 Å². The molecule has 106 valence electrons. The first-order valence-electron chi connectivity index (χ1n) is 7.67. The number of hydrogen-bond acceptors (Lipinski definition) is 1. The Morgan fingerprint density at radius 3 is 2.16 bits per heavy atom. The standard InChI is InChI=1S/C17H28OSi/c1-17(2,15-11-7-5-8-12-15)19(3,4)18-16-13-9-6-10-14-16/h5,7-8,11-12,16H,6,9-10,13-14H2,1-4H3. The quantitative estimate of drug-likeness (QED) is 0.699. The number of hydrogen-bond donors (Lipinski definition) is 0. The molecule has 0 amide bonds. The Balaban J connectivity index is 2.12. The SMILES string of the molecule is CC(C)(c1ccccc1)[Si](C)(C)OC1CCCCC1. The van der Waals surface area contributed by atoms with E-state index in [-0.39, 0.29) is 5.04 Å². The van der Waals surface area contributed by atoms with Crippen LogP contribution in [0.3, 0.4) is 0 Å². The van der Waals surface area contributed by atoms with Crippen LogP contribution >= 0.6 is 0 Å². The summed E-state index contributed by atoms with van der Waals surface area (Å²) in [5.74, 6) is 0. The smallest absolute Gasteiger partial charge is 0.196 e. The monoisotopic (exact) mass is 276 g/mol. The predicted molar refractivity (Wildman–Crippen MR) is 84.9 cm³/mol. The maximum Gasteiger partial charge on any atom is 0.196 e. The zero-order chi connectivity index (χ0) is 13.9. The van der Waals surface area contributed by atoms with Crippen molar-refractivity contribution in [2.24, 2.45) is 0 Å². The molecule has 19 heavy (non-hydrogen) atoms. The van der Waals surface area contributed by atoms with Crippen molar-refractivity contribution in [3.05, 3.63) is 35.9 Å². The summed E-state index contributed by atoms with van der Waals surface area (Å²) >= 11 is 0. The van der Waals surface area contributed by atoms with Gasteiger partial charge in [0.25, 0.3) is 0 Å². The Morgan fingerprint density at radius 1 is 1.00 bits per heavy atom. The molecule has 0 atom stereocenters. The Morgan fingerprint density at radius 2 is 1.58 bits per heavy atom. The molecule has 0 radical (unpaired) electrons. The summed E-state index contributed by atoms with van der Waals surface area (Å²) in [7, 11) is -1.76. The second-order valence-corrected chi connectivity index (χ2v) is 11.4. The molecule has 0 spiro atoms. The van der Waals surface area contributed by atoms with E-state index in [0.717, 1.165) is 0 Å². The van der Waals surface area contributed by atoms with Crippen LogP contribution in [0.25, 0.3) is 0 Å². The average Bonchev–Trinajstić information content (AvgIpc) is 2.40. The molecular formula is C17H28OSi. The van der Waals surface area contributed by atoms with Gasteiger partial charge in [0, 0.05) is 11.1 Å². The van der Waals surface area contributed by atoms with Crippen LogP contribution in [0.15, 0.2) is 30.3 Å². The second-order valence-electron chi connectivity index (χ2n) is 6.88. The third-order valence-corrected chi connectivity index (χ3v) is 9.24. The van der Waals surface area contributed by atoms with Crippen molar-refractivity contribution in [3.8, 4) is 0 Å². The zero-order valence-corrected chi connectivity index (χ0v) is 13.9. The Hall–Kier alpha value is -0.603. The van der Waals surface area contributed by atoms with Crippen LogP contribution in [0.2, 0.25) is 13.1 Å². The van der Waals surface area contributed by atoms with E-state index in [2.05, 4.69) is 57.3 Å². The lowest BCUT2D eigenvalue weighted by Crippen LogP contribution is -2.52. The summed E-state index contributed by atoms with van der Waals surface area (Å²) in [6.45, 7) is 9.48. The summed E-state index contributed by atoms with van der Waals surface area (Å²) in [6.07, 6.45) is 7.13. The van der Waals surface area contributed by atoms with E-state index >= 15 is 0 Å². The van der Waals surface area contributed by atoms with Gasteiger partial charge in [0.2, 0.25) is 0 Å². The molecule has 1 saturated carbocycles. The fourth-order valence-corrected chi connectivity index (χ4v) is 5.17.